The average molecular weight is 262 g/mol. The monoisotopic (exact) mass is 262 g/mol. The Balaban J connectivity index is 2.13. The van der Waals surface area contributed by atoms with Crippen molar-refractivity contribution < 1.29 is 24.1 Å². The first-order valence-corrected chi connectivity index (χ1v) is 6.00. The van der Waals surface area contributed by atoms with Crippen LogP contribution in [-0.2, 0) is 18.8 Å². The van der Waals surface area contributed by atoms with Crippen LogP contribution in [0.25, 0.3) is 0 Å². The lowest BCUT2D eigenvalue weighted by molar-refractivity contribution is -0.693. The number of aliphatic hydroxyl groups is 2. The van der Waals surface area contributed by atoms with Gasteiger partial charge in [-0.25, -0.2) is 9.13 Å². The third kappa shape index (κ3) is 3.14. The van der Waals surface area contributed by atoms with E-state index in [9.17, 15) is 10.2 Å². The number of aliphatic hydroxyl groups excluding tert-OH is 2. The summed E-state index contributed by atoms with van der Waals surface area (Å²) in [5.41, 5.74) is 1.14. The van der Waals surface area contributed by atoms with Crippen molar-refractivity contribution in [3.05, 3.63) is 60.2 Å². The molecule has 2 rings (SSSR count). The van der Waals surface area contributed by atoms with E-state index in [4.69, 9.17) is 4.74 Å². The van der Waals surface area contributed by atoms with Crippen LogP contribution in [0.15, 0.2) is 48.8 Å². The fourth-order valence-electron chi connectivity index (χ4n) is 1.85. The summed E-state index contributed by atoms with van der Waals surface area (Å²) in [6.45, 7) is 0. The van der Waals surface area contributed by atoms with Crippen molar-refractivity contribution in [2.24, 2.45) is 14.1 Å². The van der Waals surface area contributed by atoms with E-state index in [2.05, 4.69) is 0 Å². The normalized spacial score (nSPS) is 14.1. The highest BCUT2D eigenvalue weighted by Crippen LogP contribution is 2.18. The number of aromatic nitrogens is 2. The minimum absolute atomic E-state index is 0.570. The topological polar surface area (TPSA) is 57.5 Å². The van der Waals surface area contributed by atoms with Gasteiger partial charge in [0.25, 0.3) is 0 Å². The fraction of sp³-hybridized carbons (Fsp3) is 0.286. The molecule has 0 radical (unpaired) electrons. The van der Waals surface area contributed by atoms with Crippen LogP contribution >= 0.6 is 0 Å². The molecule has 0 amide bonds. The van der Waals surface area contributed by atoms with E-state index in [0.717, 1.165) is 0 Å². The van der Waals surface area contributed by atoms with Crippen molar-refractivity contribution in [2.45, 2.75) is 12.6 Å². The van der Waals surface area contributed by atoms with Crippen LogP contribution in [0.3, 0.4) is 0 Å². The molecule has 0 bridgehead atoms. The molecule has 0 fully saturated rings. The number of pyridine rings is 2. The smallest absolute Gasteiger partial charge is 0.245 e. The lowest BCUT2D eigenvalue weighted by atomic mass is 10.3. The SMILES string of the molecule is C[n+]1ccccc1C(O)OC(O)c1cccc[n+]1C. The number of ether oxygens (including phenoxy) is 1. The van der Waals surface area contributed by atoms with Crippen molar-refractivity contribution in [1.29, 1.82) is 0 Å². The van der Waals surface area contributed by atoms with Crippen LogP contribution in [0.1, 0.15) is 24.0 Å². The summed E-state index contributed by atoms with van der Waals surface area (Å²) in [5, 5.41) is 20.0. The lowest BCUT2D eigenvalue weighted by Gasteiger charge is -2.14. The molecule has 2 heterocycles. The molecule has 2 atom stereocenters. The van der Waals surface area contributed by atoms with Gasteiger partial charge in [0.05, 0.1) is 0 Å². The molecular weight excluding hydrogens is 244 g/mol. The van der Waals surface area contributed by atoms with Gasteiger partial charge in [-0.1, -0.05) is 0 Å². The second-order valence-corrected chi connectivity index (χ2v) is 4.31. The second-order valence-electron chi connectivity index (χ2n) is 4.31. The molecule has 0 saturated heterocycles. The molecule has 0 aliphatic rings. The van der Waals surface area contributed by atoms with Crippen molar-refractivity contribution >= 4 is 0 Å². The van der Waals surface area contributed by atoms with Crippen LogP contribution in [0.4, 0.5) is 0 Å². The lowest BCUT2D eigenvalue weighted by Crippen LogP contribution is -2.38. The molecule has 2 N–H and O–H groups in total. The van der Waals surface area contributed by atoms with Crippen molar-refractivity contribution in [3.8, 4) is 0 Å². The van der Waals surface area contributed by atoms with E-state index in [-0.39, 0.29) is 0 Å². The Morgan fingerprint density at radius 1 is 0.842 bits per heavy atom. The van der Waals surface area contributed by atoms with E-state index in [1.54, 1.807) is 59.9 Å². The van der Waals surface area contributed by atoms with E-state index < -0.39 is 12.6 Å². The van der Waals surface area contributed by atoms with Gasteiger partial charge in [-0.05, 0) is 12.1 Å². The molecule has 0 aliphatic heterocycles. The molecule has 2 unspecified atom stereocenters. The zero-order valence-corrected chi connectivity index (χ0v) is 11.0. The minimum atomic E-state index is -1.19. The van der Waals surface area contributed by atoms with Crippen molar-refractivity contribution in [2.75, 3.05) is 0 Å². The molecule has 0 spiro atoms. The fourth-order valence-corrected chi connectivity index (χ4v) is 1.85. The number of nitrogens with zero attached hydrogens (tertiary/aromatic N) is 2. The number of rotatable bonds is 4. The summed E-state index contributed by atoms with van der Waals surface area (Å²) in [6, 6.07) is 10.8. The van der Waals surface area contributed by atoms with Gasteiger partial charge >= 0.3 is 0 Å². The van der Waals surface area contributed by atoms with Crippen LogP contribution in [0, 0.1) is 0 Å². The highest BCUT2D eigenvalue weighted by Gasteiger charge is 2.25. The van der Waals surface area contributed by atoms with Crippen LogP contribution in [0.5, 0.6) is 0 Å². The van der Waals surface area contributed by atoms with Gasteiger partial charge in [-0.15, -0.1) is 0 Å². The van der Waals surface area contributed by atoms with E-state index >= 15 is 0 Å². The summed E-state index contributed by atoms with van der Waals surface area (Å²) < 4.78 is 8.73. The standard InChI is InChI=1S/C14H18N2O3/c1-15-9-5-3-7-11(15)13(17)19-14(18)12-8-4-6-10-16(12)2/h3-10,13-14,17-18H,1-2H3/q+2. The summed E-state index contributed by atoms with van der Waals surface area (Å²) in [6.07, 6.45) is 1.22. The maximum Gasteiger partial charge on any atom is 0.245 e. The number of hydrogen-bond acceptors (Lipinski definition) is 3. The average Bonchev–Trinajstić information content (AvgIpc) is 2.39. The van der Waals surface area contributed by atoms with Gasteiger partial charge < -0.3 is 14.9 Å². The van der Waals surface area contributed by atoms with Gasteiger partial charge in [-0.3, -0.25) is 0 Å². The molecule has 5 nitrogen and oxygen atoms in total. The Labute approximate surface area is 112 Å². The first-order valence-electron chi connectivity index (χ1n) is 6.00. The highest BCUT2D eigenvalue weighted by atomic mass is 16.7. The van der Waals surface area contributed by atoms with Gasteiger partial charge in [0, 0.05) is 24.3 Å². The Kier molecular flexibility index (Phi) is 4.21. The molecule has 0 saturated carbocycles. The molecular formula is C14H18N2O3+2. The summed E-state index contributed by atoms with van der Waals surface area (Å²) in [7, 11) is 3.60. The summed E-state index contributed by atoms with van der Waals surface area (Å²) in [4.78, 5) is 0. The maximum atomic E-state index is 10.0. The molecule has 0 aliphatic carbocycles. The Morgan fingerprint density at radius 2 is 1.26 bits per heavy atom. The zero-order valence-electron chi connectivity index (χ0n) is 11.0. The third-order valence-electron chi connectivity index (χ3n) is 2.95. The van der Waals surface area contributed by atoms with Gasteiger partial charge in [0.2, 0.25) is 24.0 Å². The van der Waals surface area contributed by atoms with Gasteiger partial charge in [-0.2, -0.15) is 0 Å². The molecule has 2 aromatic rings. The Bertz CT molecular complexity index is 510. The Hall–Kier alpha value is -1.82. The van der Waals surface area contributed by atoms with E-state index in [1.807, 2.05) is 12.1 Å². The predicted molar refractivity (Wildman–Crippen MR) is 66.2 cm³/mol. The summed E-state index contributed by atoms with van der Waals surface area (Å²) >= 11 is 0. The number of hydrogen-bond donors (Lipinski definition) is 2. The Morgan fingerprint density at radius 3 is 1.63 bits per heavy atom. The van der Waals surface area contributed by atoms with Gasteiger partial charge in [0.1, 0.15) is 14.1 Å². The third-order valence-corrected chi connectivity index (χ3v) is 2.95. The van der Waals surface area contributed by atoms with Crippen molar-refractivity contribution in [3.63, 3.8) is 0 Å². The molecule has 0 aromatic carbocycles. The molecule has 2 aromatic heterocycles. The van der Waals surface area contributed by atoms with Crippen LogP contribution < -0.4 is 9.13 Å². The first kappa shape index (κ1) is 13.6. The van der Waals surface area contributed by atoms with Crippen LogP contribution in [0.2, 0.25) is 0 Å². The van der Waals surface area contributed by atoms with Crippen LogP contribution in [-0.4, -0.2) is 10.2 Å². The zero-order chi connectivity index (χ0) is 13.8. The molecule has 5 heteroatoms. The van der Waals surface area contributed by atoms with E-state index in [1.165, 1.54) is 0 Å². The van der Waals surface area contributed by atoms with Gasteiger partial charge in [0.15, 0.2) is 12.4 Å². The quantitative estimate of drug-likeness (QED) is 0.604. The first-order chi connectivity index (χ1) is 9.09. The highest BCUT2D eigenvalue weighted by molar-refractivity contribution is 5.00. The van der Waals surface area contributed by atoms with Crippen molar-refractivity contribution in [1.82, 2.24) is 0 Å². The summed E-state index contributed by atoms with van der Waals surface area (Å²) in [5.74, 6) is 0. The minimum Gasteiger partial charge on any atom is -0.360 e. The largest absolute Gasteiger partial charge is 0.360 e. The number of aryl methyl sites for hydroxylation is 2. The maximum absolute atomic E-state index is 10.0. The predicted octanol–water partition coefficient (Wildman–Crippen LogP) is 0.0342. The molecule has 19 heavy (non-hydrogen) atoms. The van der Waals surface area contributed by atoms with E-state index in [0.29, 0.717) is 11.4 Å². The second kappa shape index (κ2) is 5.88. The molecule has 100 valence electrons.